The number of amides is 1. The predicted molar refractivity (Wildman–Crippen MR) is 87.8 cm³/mol. The van der Waals surface area contributed by atoms with Crippen molar-refractivity contribution in [2.75, 3.05) is 0 Å². The molecule has 4 heteroatoms. The van der Waals surface area contributed by atoms with Gasteiger partial charge in [0, 0.05) is 12.5 Å². The van der Waals surface area contributed by atoms with Gasteiger partial charge in [0.2, 0.25) is 5.91 Å². The summed E-state index contributed by atoms with van der Waals surface area (Å²) in [4.78, 5) is 11.7. The summed E-state index contributed by atoms with van der Waals surface area (Å²) in [5, 5.41) is 2.94. The Kier molecular flexibility index (Phi) is 5.55. The summed E-state index contributed by atoms with van der Waals surface area (Å²) in [6, 6.07) is 17.1. The number of benzene rings is 2. The Hall–Kier alpha value is -2.33. The molecule has 0 spiro atoms. The fourth-order valence-electron chi connectivity index (χ4n) is 2.13. The Bertz CT molecular complexity index is 594. The number of carbonyl (C=O) groups is 1. The van der Waals surface area contributed by atoms with E-state index in [0.717, 1.165) is 17.1 Å². The van der Waals surface area contributed by atoms with E-state index in [1.54, 1.807) is 0 Å². The average molecular weight is 298 g/mol. The summed E-state index contributed by atoms with van der Waals surface area (Å²) in [7, 11) is 0. The molecule has 0 fully saturated rings. The quantitative estimate of drug-likeness (QED) is 0.859. The number of rotatable bonds is 6. The molecular weight excluding hydrogens is 276 g/mol. The standard InChI is InChI=1S/C18H22N2O2/c1-13(19)12-18(21)20-14(2)15-8-10-17(11-9-15)22-16-6-4-3-5-7-16/h3-11,13-14H,12,19H2,1-2H3,(H,20,21). The number of hydrogen-bond donors (Lipinski definition) is 2. The third-order valence-corrected chi connectivity index (χ3v) is 3.24. The highest BCUT2D eigenvalue weighted by Crippen LogP contribution is 2.23. The molecule has 2 aromatic carbocycles. The molecule has 22 heavy (non-hydrogen) atoms. The molecule has 2 atom stereocenters. The van der Waals surface area contributed by atoms with Crippen LogP contribution in [0.4, 0.5) is 0 Å². The third kappa shape index (κ3) is 4.90. The highest BCUT2D eigenvalue weighted by Gasteiger charge is 2.11. The summed E-state index contributed by atoms with van der Waals surface area (Å²) in [5.74, 6) is 1.53. The van der Waals surface area contributed by atoms with Crippen LogP contribution in [0.5, 0.6) is 11.5 Å². The van der Waals surface area contributed by atoms with Crippen molar-refractivity contribution >= 4 is 5.91 Å². The number of nitrogens with two attached hydrogens (primary N) is 1. The second kappa shape index (κ2) is 7.61. The molecule has 0 aliphatic rings. The zero-order chi connectivity index (χ0) is 15.9. The van der Waals surface area contributed by atoms with E-state index in [1.165, 1.54) is 0 Å². The van der Waals surface area contributed by atoms with Crippen molar-refractivity contribution in [3.05, 3.63) is 60.2 Å². The van der Waals surface area contributed by atoms with Gasteiger partial charge < -0.3 is 15.8 Å². The first-order valence-electron chi connectivity index (χ1n) is 7.42. The maximum atomic E-state index is 11.7. The molecule has 4 nitrogen and oxygen atoms in total. The van der Waals surface area contributed by atoms with Crippen LogP contribution in [0.1, 0.15) is 31.9 Å². The SMILES string of the molecule is CC(N)CC(=O)NC(C)c1ccc(Oc2ccccc2)cc1. The number of hydrogen-bond acceptors (Lipinski definition) is 3. The van der Waals surface area contributed by atoms with Crippen LogP contribution in [-0.4, -0.2) is 11.9 Å². The number of ether oxygens (including phenoxy) is 1. The van der Waals surface area contributed by atoms with Gasteiger partial charge in [-0.2, -0.15) is 0 Å². The summed E-state index contributed by atoms with van der Waals surface area (Å²) in [6.45, 7) is 3.77. The first-order chi connectivity index (χ1) is 10.5. The van der Waals surface area contributed by atoms with Crippen molar-refractivity contribution in [3.8, 4) is 11.5 Å². The molecule has 0 radical (unpaired) electrons. The topological polar surface area (TPSA) is 64.4 Å². The van der Waals surface area contributed by atoms with Gasteiger partial charge in [-0.15, -0.1) is 0 Å². The van der Waals surface area contributed by atoms with Crippen molar-refractivity contribution in [1.82, 2.24) is 5.32 Å². The van der Waals surface area contributed by atoms with E-state index >= 15 is 0 Å². The lowest BCUT2D eigenvalue weighted by Gasteiger charge is -2.16. The second-order valence-corrected chi connectivity index (χ2v) is 5.45. The van der Waals surface area contributed by atoms with Crippen LogP contribution in [0, 0.1) is 0 Å². The van der Waals surface area contributed by atoms with Crippen molar-refractivity contribution in [1.29, 1.82) is 0 Å². The fourth-order valence-corrected chi connectivity index (χ4v) is 2.13. The molecule has 0 saturated heterocycles. The van der Waals surface area contributed by atoms with E-state index in [9.17, 15) is 4.79 Å². The van der Waals surface area contributed by atoms with Crippen molar-refractivity contribution in [2.24, 2.45) is 5.73 Å². The fraction of sp³-hybridized carbons (Fsp3) is 0.278. The van der Waals surface area contributed by atoms with Crippen molar-refractivity contribution in [3.63, 3.8) is 0 Å². The molecule has 0 aromatic heterocycles. The summed E-state index contributed by atoms with van der Waals surface area (Å²) in [6.07, 6.45) is 0.333. The summed E-state index contributed by atoms with van der Waals surface area (Å²) in [5.41, 5.74) is 6.65. The molecule has 2 rings (SSSR count). The Morgan fingerprint density at radius 1 is 1.05 bits per heavy atom. The zero-order valence-electron chi connectivity index (χ0n) is 13.0. The van der Waals surface area contributed by atoms with Crippen LogP contribution < -0.4 is 15.8 Å². The Labute approximate surface area is 131 Å². The lowest BCUT2D eigenvalue weighted by atomic mass is 10.1. The largest absolute Gasteiger partial charge is 0.457 e. The lowest BCUT2D eigenvalue weighted by Crippen LogP contribution is -2.31. The van der Waals surface area contributed by atoms with Crippen LogP contribution in [0.15, 0.2) is 54.6 Å². The third-order valence-electron chi connectivity index (χ3n) is 3.24. The van der Waals surface area contributed by atoms with Gasteiger partial charge in [-0.3, -0.25) is 4.79 Å². The van der Waals surface area contributed by atoms with Crippen LogP contribution in [0.2, 0.25) is 0 Å². The zero-order valence-corrected chi connectivity index (χ0v) is 13.0. The number of para-hydroxylation sites is 1. The Morgan fingerprint density at radius 3 is 2.23 bits per heavy atom. The number of nitrogens with one attached hydrogen (secondary N) is 1. The maximum absolute atomic E-state index is 11.7. The monoisotopic (exact) mass is 298 g/mol. The first-order valence-corrected chi connectivity index (χ1v) is 7.42. The Balaban J connectivity index is 1.95. The normalized spacial score (nSPS) is 13.2. The van der Waals surface area contributed by atoms with Crippen molar-refractivity contribution in [2.45, 2.75) is 32.4 Å². The molecule has 0 aliphatic carbocycles. The van der Waals surface area contributed by atoms with E-state index in [1.807, 2.05) is 68.4 Å². The highest BCUT2D eigenvalue weighted by molar-refractivity contribution is 5.77. The Morgan fingerprint density at radius 2 is 1.64 bits per heavy atom. The van der Waals surface area contributed by atoms with Gasteiger partial charge in [-0.1, -0.05) is 30.3 Å². The summed E-state index contributed by atoms with van der Waals surface area (Å²) < 4.78 is 5.74. The molecule has 116 valence electrons. The van der Waals surface area contributed by atoms with Gasteiger partial charge in [0.15, 0.2) is 0 Å². The van der Waals surface area contributed by atoms with E-state index < -0.39 is 0 Å². The maximum Gasteiger partial charge on any atom is 0.222 e. The minimum absolute atomic E-state index is 0.0351. The summed E-state index contributed by atoms with van der Waals surface area (Å²) >= 11 is 0. The van der Waals surface area contributed by atoms with Gasteiger partial charge in [0.05, 0.1) is 6.04 Å². The van der Waals surface area contributed by atoms with E-state index in [0.29, 0.717) is 6.42 Å². The van der Waals surface area contributed by atoms with Gasteiger partial charge >= 0.3 is 0 Å². The van der Waals surface area contributed by atoms with E-state index in [-0.39, 0.29) is 18.0 Å². The molecule has 0 saturated carbocycles. The predicted octanol–water partition coefficient (Wildman–Crippen LogP) is 3.39. The minimum atomic E-state index is -0.131. The van der Waals surface area contributed by atoms with Crippen LogP contribution in [0.25, 0.3) is 0 Å². The second-order valence-electron chi connectivity index (χ2n) is 5.45. The van der Waals surface area contributed by atoms with Gasteiger partial charge in [-0.25, -0.2) is 0 Å². The number of carbonyl (C=O) groups excluding carboxylic acids is 1. The van der Waals surface area contributed by atoms with Crippen LogP contribution in [0.3, 0.4) is 0 Å². The first kappa shape index (κ1) is 16.0. The van der Waals surface area contributed by atoms with Crippen LogP contribution >= 0.6 is 0 Å². The van der Waals surface area contributed by atoms with Gasteiger partial charge in [0.25, 0.3) is 0 Å². The minimum Gasteiger partial charge on any atom is -0.457 e. The highest BCUT2D eigenvalue weighted by atomic mass is 16.5. The molecular formula is C18H22N2O2. The van der Waals surface area contributed by atoms with E-state index in [4.69, 9.17) is 10.5 Å². The van der Waals surface area contributed by atoms with E-state index in [2.05, 4.69) is 5.32 Å². The molecule has 0 heterocycles. The van der Waals surface area contributed by atoms with Gasteiger partial charge in [0.1, 0.15) is 11.5 Å². The lowest BCUT2D eigenvalue weighted by molar-refractivity contribution is -0.122. The van der Waals surface area contributed by atoms with Crippen LogP contribution in [-0.2, 0) is 4.79 Å². The molecule has 0 aliphatic heterocycles. The molecule has 0 bridgehead atoms. The molecule has 2 unspecified atom stereocenters. The van der Waals surface area contributed by atoms with Crippen molar-refractivity contribution < 1.29 is 9.53 Å². The average Bonchev–Trinajstić information content (AvgIpc) is 2.48. The van der Waals surface area contributed by atoms with Gasteiger partial charge in [-0.05, 0) is 43.7 Å². The molecule has 2 aromatic rings. The smallest absolute Gasteiger partial charge is 0.222 e. The molecule has 1 amide bonds. The molecule has 3 N–H and O–H groups in total.